The van der Waals surface area contributed by atoms with E-state index in [1.54, 1.807) is 0 Å². The standard InChI is InChI=1S/C9H10BrO/c1-7(6-11)8-3-2-4-9(10)5-8/h2-7,11H,1H3. The average molecular weight is 214 g/mol. The Balaban J connectivity index is 2.86. The molecule has 0 fully saturated rings. The molecule has 0 saturated carbocycles. The van der Waals surface area contributed by atoms with Crippen molar-refractivity contribution in [3.05, 3.63) is 40.9 Å². The number of hydrogen-bond acceptors (Lipinski definition) is 1. The van der Waals surface area contributed by atoms with Crippen molar-refractivity contribution in [2.45, 2.75) is 12.8 Å². The molecule has 1 nitrogen and oxygen atoms in total. The minimum atomic E-state index is 0.104. The molecule has 0 saturated heterocycles. The molecule has 0 aromatic heterocycles. The van der Waals surface area contributed by atoms with Crippen LogP contribution in [0.5, 0.6) is 0 Å². The van der Waals surface area contributed by atoms with Gasteiger partial charge >= 0.3 is 0 Å². The smallest absolute Gasteiger partial charge is 0.0870 e. The molecule has 1 radical (unpaired) electrons. The van der Waals surface area contributed by atoms with Gasteiger partial charge in [0.15, 0.2) is 0 Å². The highest BCUT2D eigenvalue weighted by atomic mass is 79.9. The summed E-state index contributed by atoms with van der Waals surface area (Å²) in [6.45, 7) is 3.14. The molecule has 2 heteroatoms. The molecule has 1 rings (SSSR count). The van der Waals surface area contributed by atoms with Crippen LogP contribution < -0.4 is 0 Å². The van der Waals surface area contributed by atoms with Crippen LogP contribution in [0.3, 0.4) is 0 Å². The van der Waals surface area contributed by atoms with Crippen molar-refractivity contribution in [1.29, 1.82) is 0 Å². The summed E-state index contributed by atoms with van der Waals surface area (Å²) < 4.78 is 1.05. The molecule has 1 aromatic rings. The van der Waals surface area contributed by atoms with Gasteiger partial charge in [-0.15, -0.1) is 0 Å². The first kappa shape index (κ1) is 8.75. The molecular formula is C9H10BrO. The van der Waals surface area contributed by atoms with E-state index in [2.05, 4.69) is 15.9 Å². The van der Waals surface area contributed by atoms with Crippen molar-refractivity contribution in [3.63, 3.8) is 0 Å². The molecule has 0 aliphatic carbocycles. The molecule has 1 N–H and O–H groups in total. The summed E-state index contributed by atoms with van der Waals surface area (Å²) in [7, 11) is 0. The van der Waals surface area contributed by atoms with Gasteiger partial charge in [0, 0.05) is 10.4 Å². The van der Waals surface area contributed by atoms with Gasteiger partial charge in [0.05, 0.1) is 6.61 Å². The Labute approximate surface area is 75.2 Å². The van der Waals surface area contributed by atoms with Gasteiger partial charge in [-0.05, 0) is 17.7 Å². The highest BCUT2D eigenvalue weighted by Gasteiger charge is 2.03. The summed E-state index contributed by atoms with van der Waals surface area (Å²) in [5, 5.41) is 8.74. The molecular weight excluding hydrogens is 204 g/mol. The van der Waals surface area contributed by atoms with Crippen LogP contribution in [0.4, 0.5) is 0 Å². The maximum Gasteiger partial charge on any atom is 0.0870 e. The SMILES string of the molecule is CC([CH]O)c1cccc(Br)c1. The van der Waals surface area contributed by atoms with E-state index < -0.39 is 0 Å². The van der Waals surface area contributed by atoms with Crippen LogP contribution in [-0.4, -0.2) is 5.11 Å². The van der Waals surface area contributed by atoms with Crippen LogP contribution in [0, 0.1) is 6.61 Å². The van der Waals surface area contributed by atoms with Gasteiger partial charge in [-0.2, -0.15) is 0 Å². The second-order valence-corrected chi connectivity index (χ2v) is 3.41. The Hall–Kier alpha value is -0.340. The molecule has 0 bridgehead atoms. The van der Waals surface area contributed by atoms with Crippen LogP contribution in [0.2, 0.25) is 0 Å². The molecule has 0 aliphatic heterocycles. The normalized spacial score (nSPS) is 13.0. The number of aliphatic hydroxyl groups is 1. The van der Waals surface area contributed by atoms with E-state index in [1.807, 2.05) is 31.2 Å². The first-order chi connectivity index (χ1) is 5.24. The fourth-order valence-electron chi connectivity index (χ4n) is 0.876. The first-order valence-corrected chi connectivity index (χ1v) is 4.26. The van der Waals surface area contributed by atoms with Crippen molar-refractivity contribution in [2.75, 3.05) is 0 Å². The van der Waals surface area contributed by atoms with Gasteiger partial charge in [-0.3, -0.25) is 0 Å². The van der Waals surface area contributed by atoms with Gasteiger partial charge < -0.3 is 5.11 Å². The lowest BCUT2D eigenvalue weighted by Gasteiger charge is -2.06. The van der Waals surface area contributed by atoms with E-state index in [0.717, 1.165) is 10.0 Å². The average Bonchev–Trinajstić information content (AvgIpc) is 2.03. The zero-order valence-electron chi connectivity index (χ0n) is 6.29. The summed E-state index contributed by atoms with van der Waals surface area (Å²) in [6, 6.07) is 7.91. The van der Waals surface area contributed by atoms with Gasteiger partial charge in [0.1, 0.15) is 0 Å². The van der Waals surface area contributed by atoms with Crippen LogP contribution in [-0.2, 0) is 0 Å². The monoisotopic (exact) mass is 213 g/mol. The predicted octanol–water partition coefficient (Wildman–Crippen LogP) is 3.09. The van der Waals surface area contributed by atoms with Gasteiger partial charge in [-0.1, -0.05) is 35.0 Å². The highest BCUT2D eigenvalue weighted by Crippen LogP contribution is 2.20. The molecule has 59 valence electrons. The van der Waals surface area contributed by atoms with Gasteiger partial charge in [-0.25, -0.2) is 0 Å². The zero-order valence-corrected chi connectivity index (χ0v) is 7.88. The minimum Gasteiger partial charge on any atom is -0.390 e. The fraction of sp³-hybridized carbons (Fsp3) is 0.222. The van der Waals surface area contributed by atoms with E-state index in [0.29, 0.717) is 0 Å². The number of benzene rings is 1. The predicted molar refractivity (Wildman–Crippen MR) is 48.8 cm³/mol. The Morgan fingerprint density at radius 2 is 2.27 bits per heavy atom. The summed E-state index contributed by atoms with van der Waals surface area (Å²) in [6.07, 6.45) is 0. The van der Waals surface area contributed by atoms with Crippen molar-refractivity contribution in [2.24, 2.45) is 0 Å². The van der Waals surface area contributed by atoms with Crippen molar-refractivity contribution in [1.82, 2.24) is 0 Å². The second kappa shape index (κ2) is 3.88. The molecule has 0 heterocycles. The van der Waals surface area contributed by atoms with Crippen LogP contribution >= 0.6 is 15.9 Å². The highest BCUT2D eigenvalue weighted by molar-refractivity contribution is 9.10. The summed E-state index contributed by atoms with van der Waals surface area (Å²) >= 11 is 3.36. The number of rotatable bonds is 2. The van der Waals surface area contributed by atoms with Crippen molar-refractivity contribution in [3.8, 4) is 0 Å². The summed E-state index contributed by atoms with van der Waals surface area (Å²) in [5.41, 5.74) is 1.11. The maximum absolute atomic E-state index is 8.74. The number of halogens is 1. The quantitative estimate of drug-likeness (QED) is 0.801. The number of hydrogen-bond donors (Lipinski definition) is 1. The molecule has 0 spiro atoms. The summed E-state index contributed by atoms with van der Waals surface area (Å²) in [5.74, 6) is 0.104. The topological polar surface area (TPSA) is 20.2 Å². The second-order valence-electron chi connectivity index (χ2n) is 2.49. The summed E-state index contributed by atoms with van der Waals surface area (Å²) in [4.78, 5) is 0. The maximum atomic E-state index is 8.74. The molecule has 11 heavy (non-hydrogen) atoms. The van der Waals surface area contributed by atoms with Crippen LogP contribution in [0.25, 0.3) is 0 Å². The third-order valence-corrected chi connectivity index (χ3v) is 2.09. The third kappa shape index (κ3) is 2.31. The largest absolute Gasteiger partial charge is 0.390 e. The molecule has 1 unspecified atom stereocenters. The van der Waals surface area contributed by atoms with E-state index in [-0.39, 0.29) is 5.92 Å². The zero-order chi connectivity index (χ0) is 8.27. The van der Waals surface area contributed by atoms with Crippen molar-refractivity contribution >= 4 is 15.9 Å². The molecule has 0 amide bonds. The molecule has 1 aromatic carbocycles. The Kier molecular flexibility index (Phi) is 3.09. The van der Waals surface area contributed by atoms with Crippen LogP contribution in [0.15, 0.2) is 28.7 Å². The lowest BCUT2D eigenvalue weighted by Crippen LogP contribution is -1.92. The lowest BCUT2D eigenvalue weighted by molar-refractivity contribution is 0.361. The number of aliphatic hydroxyl groups excluding tert-OH is 1. The Bertz CT molecular complexity index is 235. The van der Waals surface area contributed by atoms with Gasteiger partial charge in [0.2, 0.25) is 0 Å². The Morgan fingerprint density at radius 3 is 2.82 bits per heavy atom. The fourth-order valence-corrected chi connectivity index (χ4v) is 1.29. The lowest BCUT2D eigenvalue weighted by atomic mass is 10.0. The van der Waals surface area contributed by atoms with Crippen LogP contribution in [0.1, 0.15) is 18.4 Å². The Morgan fingerprint density at radius 1 is 1.55 bits per heavy atom. The third-order valence-electron chi connectivity index (χ3n) is 1.60. The van der Waals surface area contributed by atoms with Gasteiger partial charge in [0.25, 0.3) is 0 Å². The minimum absolute atomic E-state index is 0.104. The van der Waals surface area contributed by atoms with E-state index in [4.69, 9.17) is 5.11 Å². The van der Waals surface area contributed by atoms with E-state index in [1.165, 1.54) is 6.61 Å². The van der Waals surface area contributed by atoms with E-state index in [9.17, 15) is 0 Å². The van der Waals surface area contributed by atoms with Crippen molar-refractivity contribution < 1.29 is 5.11 Å². The molecule has 0 aliphatic rings. The van der Waals surface area contributed by atoms with E-state index >= 15 is 0 Å². The molecule has 1 atom stereocenters. The first-order valence-electron chi connectivity index (χ1n) is 3.47.